The summed E-state index contributed by atoms with van der Waals surface area (Å²) < 4.78 is 5.87. The highest BCUT2D eigenvalue weighted by Crippen LogP contribution is 2.34. The minimum absolute atomic E-state index is 0.0197. The summed E-state index contributed by atoms with van der Waals surface area (Å²) in [6, 6.07) is 6.67. The summed E-state index contributed by atoms with van der Waals surface area (Å²) in [4.78, 5) is 32.2. The topological polar surface area (TPSA) is 65.1 Å². The van der Waals surface area contributed by atoms with E-state index in [-0.39, 0.29) is 30.8 Å². The molecule has 0 bridgehead atoms. The Balaban J connectivity index is 1.11. The Bertz CT molecular complexity index is 831. The molecular weight excluding hydrogens is 428 g/mol. The number of nitrogens with zero attached hydrogens (tertiary/aromatic N) is 3. The molecule has 7 heteroatoms. The second kappa shape index (κ2) is 12.0. The van der Waals surface area contributed by atoms with Crippen molar-refractivity contribution in [2.75, 3.05) is 50.7 Å². The fraction of sp³-hybridized carbons (Fsp3) is 0.704. The van der Waals surface area contributed by atoms with Crippen molar-refractivity contribution in [3.8, 4) is 5.75 Å². The monoisotopic (exact) mass is 470 g/mol. The van der Waals surface area contributed by atoms with Crippen LogP contribution in [0.3, 0.4) is 0 Å². The van der Waals surface area contributed by atoms with Gasteiger partial charge in [0.1, 0.15) is 11.9 Å². The van der Waals surface area contributed by atoms with E-state index in [4.69, 9.17) is 4.74 Å². The normalized spacial score (nSPS) is 22.2. The third kappa shape index (κ3) is 6.72. The van der Waals surface area contributed by atoms with Crippen LogP contribution < -0.4 is 15.0 Å². The molecule has 3 heterocycles. The lowest BCUT2D eigenvalue weighted by Gasteiger charge is -2.40. The average molecular weight is 471 g/mol. The van der Waals surface area contributed by atoms with Crippen LogP contribution in [-0.2, 0) is 9.59 Å². The molecule has 188 valence electrons. The number of anilines is 1. The summed E-state index contributed by atoms with van der Waals surface area (Å²) in [5, 5.41) is 3.01. The number of fused-ring (bicyclic) bond motifs is 1. The van der Waals surface area contributed by atoms with Crippen LogP contribution in [0.5, 0.6) is 5.75 Å². The first kappa shape index (κ1) is 25.0. The zero-order valence-electron chi connectivity index (χ0n) is 21.1. The lowest BCUT2D eigenvalue weighted by Crippen LogP contribution is -2.47. The molecule has 2 amide bonds. The number of benzene rings is 1. The minimum Gasteiger partial charge on any atom is -0.487 e. The zero-order valence-corrected chi connectivity index (χ0v) is 21.1. The van der Waals surface area contributed by atoms with Crippen molar-refractivity contribution in [2.24, 2.45) is 0 Å². The summed E-state index contributed by atoms with van der Waals surface area (Å²) in [6.45, 7) is 11.1. The molecule has 4 rings (SSSR count). The molecule has 0 aliphatic carbocycles. The molecule has 0 radical (unpaired) electrons. The highest BCUT2D eigenvalue weighted by atomic mass is 16.5. The number of ether oxygens (including phenoxy) is 1. The van der Waals surface area contributed by atoms with Gasteiger partial charge < -0.3 is 24.8 Å². The van der Waals surface area contributed by atoms with E-state index in [9.17, 15) is 9.59 Å². The molecule has 1 atom stereocenters. The van der Waals surface area contributed by atoms with Gasteiger partial charge >= 0.3 is 0 Å². The number of rotatable bonds is 8. The third-order valence-corrected chi connectivity index (χ3v) is 7.48. The Morgan fingerprint density at radius 1 is 1.06 bits per heavy atom. The molecule has 0 unspecified atom stereocenters. The maximum absolute atomic E-state index is 12.9. The van der Waals surface area contributed by atoms with Crippen LogP contribution in [0.1, 0.15) is 63.9 Å². The standard InChI is InChI=1S/C27H42N4O3/c1-21-7-8-25-24(19-21)31(20-22(2)34-25)27(33)10-9-26(32)28-13-6-14-29-17-11-23(12-18-29)30-15-4-3-5-16-30/h7-8,19,22-23H,3-6,9-18,20H2,1-2H3,(H,28,32)/t22-/m0/s1. The minimum atomic E-state index is -0.0575. The summed E-state index contributed by atoms with van der Waals surface area (Å²) in [5.41, 5.74) is 1.90. The number of carbonyl (C=O) groups excluding carboxylic acids is 2. The van der Waals surface area contributed by atoms with E-state index in [1.807, 2.05) is 32.0 Å². The Labute approximate surface area is 204 Å². The second-order valence-corrected chi connectivity index (χ2v) is 10.3. The van der Waals surface area contributed by atoms with Crippen molar-refractivity contribution in [2.45, 2.75) is 77.4 Å². The molecule has 1 aromatic carbocycles. The maximum atomic E-state index is 12.9. The first-order valence-corrected chi connectivity index (χ1v) is 13.3. The number of aryl methyl sites for hydroxylation is 1. The molecule has 3 aliphatic rings. The SMILES string of the molecule is Cc1ccc2c(c1)N(C(=O)CCC(=O)NCCCN1CCC(N3CCCCC3)CC1)C[C@H](C)O2. The number of piperidine rings is 2. The predicted octanol–water partition coefficient (Wildman–Crippen LogP) is 3.35. The van der Waals surface area contributed by atoms with Gasteiger partial charge in [0.05, 0.1) is 12.2 Å². The van der Waals surface area contributed by atoms with Crippen LogP contribution in [0.2, 0.25) is 0 Å². The Morgan fingerprint density at radius 2 is 1.82 bits per heavy atom. The van der Waals surface area contributed by atoms with Crippen molar-refractivity contribution in [3.63, 3.8) is 0 Å². The van der Waals surface area contributed by atoms with Crippen LogP contribution in [0.25, 0.3) is 0 Å². The summed E-state index contributed by atoms with van der Waals surface area (Å²) in [7, 11) is 0. The Kier molecular flexibility index (Phi) is 8.84. The number of likely N-dealkylation sites (tertiary alicyclic amines) is 2. The zero-order chi connectivity index (χ0) is 23.9. The lowest BCUT2D eigenvalue weighted by atomic mass is 10.00. The highest BCUT2D eigenvalue weighted by Gasteiger charge is 2.28. The summed E-state index contributed by atoms with van der Waals surface area (Å²) in [5.74, 6) is 0.679. The Morgan fingerprint density at radius 3 is 2.59 bits per heavy atom. The van der Waals surface area contributed by atoms with E-state index in [0.717, 1.165) is 36.0 Å². The van der Waals surface area contributed by atoms with Gasteiger partial charge in [0.25, 0.3) is 0 Å². The molecule has 1 aromatic rings. The van der Waals surface area contributed by atoms with E-state index in [0.29, 0.717) is 13.1 Å². The van der Waals surface area contributed by atoms with E-state index in [1.165, 1.54) is 58.3 Å². The number of hydrogen-bond acceptors (Lipinski definition) is 5. The molecule has 0 saturated carbocycles. The molecule has 34 heavy (non-hydrogen) atoms. The fourth-order valence-corrected chi connectivity index (χ4v) is 5.55. The van der Waals surface area contributed by atoms with Gasteiger partial charge in [-0.25, -0.2) is 0 Å². The molecule has 0 spiro atoms. The van der Waals surface area contributed by atoms with Crippen molar-refractivity contribution in [1.29, 1.82) is 0 Å². The van der Waals surface area contributed by atoms with Gasteiger partial charge in [-0.05, 0) is 96.4 Å². The number of hydrogen-bond donors (Lipinski definition) is 1. The van der Waals surface area contributed by atoms with Gasteiger partial charge in [-0.2, -0.15) is 0 Å². The number of amides is 2. The van der Waals surface area contributed by atoms with Gasteiger partial charge in [-0.15, -0.1) is 0 Å². The van der Waals surface area contributed by atoms with E-state index in [2.05, 4.69) is 15.1 Å². The van der Waals surface area contributed by atoms with Crippen molar-refractivity contribution in [1.82, 2.24) is 15.1 Å². The molecule has 3 aliphatic heterocycles. The molecule has 0 aromatic heterocycles. The molecule has 7 nitrogen and oxygen atoms in total. The van der Waals surface area contributed by atoms with Gasteiger partial charge in [0.15, 0.2) is 0 Å². The molecule has 2 saturated heterocycles. The first-order valence-electron chi connectivity index (χ1n) is 13.3. The van der Waals surface area contributed by atoms with Gasteiger partial charge in [0, 0.05) is 25.4 Å². The van der Waals surface area contributed by atoms with Crippen LogP contribution in [0, 0.1) is 6.92 Å². The quantitative estimate of drug-likeness (QED) is 0.591. The van der Waals surface area contributed by atoms with Crippen molar-refractivity contribution < 1.29 is 14.3 Å². The van der Waals surface area contributed by atoms with E-state index >= 15 is 0 Å². The third-order valence-electron chi connectivity index (χ3n) is 7.48. The average Bonchev–Trinajstić information content (AvgIpc) is 2.86. The maximum Gasteiger partial charge on any atom is 0.227 e. The van der Waals surface area contributed by atoms with Crippen LogP contribution >= 0.6 is 0 Å². The van der Waals surface area contributed by atoms with Gasteiger partial charge in [-0.1, -0.05) is 12.5 Å². The molecule has 1 N–H and O–H groups in total. The highest BCUT2D eigenvalue weighted by molar-refractivity contribution is 5.97. The fourth-order valence-electron chi connectivity index (χ4n) is 5.55. The van der Waals surface area contributed by atoms with Crippen molar-refractivity contribution in [3.05, 3.63) is 23.8 Å². The van der Waals surface area contributed by atoms with Crippen LogP contribution in [0.15, 0.2) is 18.2 Å². The van der Waals surface area contributed by atoms with Gasteiger partial charge in [-0.3, -0.25) is 9.59 Å². The van der Waals surface area contributed by atoms with Gasteiger partial charge in [0.2, 0.25) is 11.8 Å². The number of carbonyl (C=O) groups is 2. The predicted molar refractivity (Wildman–Crippen MR) is 135 cm³/mol. The summed E-state index contributed by atoms with van der Waals surface area (Å²) in [6.07, 6.45) is 8.03. The number of nitrogens with one attached hydrogen (secondary N) is 1. The molecular formula is C27H42N4O3. The van der Waals surface area contributed by atoms with Crippen LogP contribution in [-0.4, -0.2) is 79.6 Å². The van der Waals surface area contributed by atoms with E-state index < -0.39 is 0 Å². The first-order chi connectivity index (χ1) is 16.5. The summed E-state index contributed by atoms with van der Waals surface area (Å²) >= 11 is 0. The van der Waals surface area contributed by atoms with Crippen LogP contribution in [0.4, 0.5) is 5.69 Å². The smallest absolute Gasteiger partial charge is 0.227 e. The Hall–Kier alpha value is -2.12. The van der Waals surface area contributed by atoms with Crippen molar-refractivity contribution >= 4 is 17.5 Å². The second-order valence-electron chi connectivity index (χ2n) is 10.3. The largest absolute Gasteiger partial charge is 0.487 e. The van der Waals surface area contributed by atoms with E-state index in [1.54, 1.807) is 4.90 Å². The lowest BCUT2D eigenvalue weighted by molar-refractivity contribution is -0.125. The molecule has 2 fully saturated rings.